The summed E-state index contributed by atoms with van der Waals surface area (Å²) in [5, 5.41) is 0. The fourth-order valence-corrected chi connectivity index (χ4v) is 3.59. The lowest BCUT2D eigenvalue weighted by molar-refractivity contribution is 0.0711. The summed E-state index contributed by atoms with van der Waals surface area (Å²) in [5.41, 5.74) is 4.17. The minimum atomic E-state index is 0.144. The van der Waals surface area contributed by atoms with Crippen LogP contribution in [0.2, 0.25) is 0 Å². The number of carbonyl (C=O) groups excluding carboxylic acids is 1. The molecular weight excluding hydrogens is 310 g/mol. The van der Waals surface area contributed by atoms with Gasteiger partial charge in [-0.1, -0.05) is 31.2 Å². The fourth-order valence-electron chi connectivity index (χ4n) is 3.59. The quantitative estimate of drug-likeness (QED) is 0.783. The van der Waals surface area contributed by atoms with Crippen LogP contribution in [0.4, 0.5) is 0 Å². The van der Waals surface area contributed by atoms with E-state index < -0.39 is 0 Å². The first-order valence-electron chi connectivity index (χ1n) is 9.07. The van der Waals surface area contributed by atoms with Gasteiger partial charge in [0.1, 0.15) is 5.82 Å². The minimum absolute atomic E-state index is 0.144. The van der Waals surface area contributed by atoms with E-state index in [9.17, 15) is 4.79 Å². The molecule has 1 fully saturated rings. The van der Waals surface area contributed by atoms with Crippen LogP contribution in [-0.4, -0.2) is 33.9 Å². The number of aromatic nitrogens is 2. The highest BCUT2D eigenvalue weighted by atomic mass is 16.2. The zero-order valence-electron chi connectivity index (χ0n) is 14.5. The monoisotopic (exact) mass is 333 g/mol. The van der Waals surface area contributed by atoms with E-state index in [1.54, 1.807) is 0 Å². The van der Waals surface area contributed by atoms with Gasteiger partial charge in [0.05, 0.1) is 11.0 Å². The maximum atomic E-state index is 12.7. The number of likely N-dealkylation sites (tertiary alicyclic amines) is 1. The number of piperidine rings is 1. The van der Waals surface area contributed by atoms with Crippen LogP contribution in [0.5, 0.6) is 0 Å². The number of amides is 1. The third-order valence-corrected chi connectivity index (χ3v) is 5.19. The third kappa shape index (κ3) is 3.16. The molecule has 1 amide bonds. The van der Waals surface area contributed by atoms with Crippen molar-refractivity contribution < 1.29 is 4.79 Å². The van der Waals surface area contributed by atoms with E-state index in [1.165, 1.54) is 5.56 Å². The Bertz CT molecular complexity index is 841. The van der Waals surface area contributed by atoms with Crippen LogP contribution in [0.25, 0.3) is 11.0 Å². The molecule has 0 atom stereocenters. The molecule has 25 heavy (non-hydrogen) atoms. The van der Waals surface area contributed by atoms with Gasteiger partial charge in [0.15, 0.2) is 0 Å². The summed E-state index contributed by atoms with van der Waals surface area (Å²) in [6, 6.07) is 16.1. The van der Waals surface area contributed by atoms with E-state index in [1.807, 2.05) is 47.4 Å². The molecule has 0 bridgehead atoms. The summed E-state index contributed by atoms with van der Waals surface area (Å²) in [5.74, 6) is 1.60. The van der Waals surface area contributed by atoms with Crippen LogP contribution in [-0.2, 0) is 6.42 Å². The first kappa shape index (κ1) is 15.9. The van der Waals surface area contributed by atoms with Crippen molar-refractivity contribution in [1.82, 2.24) is 14.9 Å². The molecule has 4 heteroatoms. The topological polar surface area (TPSA) is 49.0 Å². The highest BCUT2D eigenvalue weighted by Crippen LogP contribution is 2.28. The Morgan fingerprint density at radius 2 is 1.84 bits per heavy atom. The average Bonchev–Trinajstić information content (AvgIpc) is 3.12. The van der Waals surface area contributed by atoms with Gasteiger partial charge in [0, 0.05) is 24.6 Å². The summed E-state index contributed by atoms with van der Waals surface area (Å²) < 4.78 is 0. The second kappa shape index (κ2) is 6.71. The van der Waals surface area contributed by atoms with E-state index in [-0.39, 0.29) is 5.91 Å². The molecule has 128 valence electrons. The van der Waals surface area contributed by atoms with Crippen LogP contribution >= 0.6 is 0 Å². The van der Waals surface area contributed by atoms with Gasteiger partial charge < -0.3 is 9.88 Å². The molecule has 4 rings (SSSR count). The highest BCUT2D eigenvalue weighted by Gasteiger charge is 2.26. The van der Waals surface area contributed by atoms with Crippen molar-refractivity contribution in [1.29, 1.82) is 0 Å². The van der Waals surface area contributed by atoms with Crippen molar-refractivity contribution in [2.24, 2.45) is 0 Å². The predicted octanol–water partition coefficient (Wildman–Crippen LogP) is 4.15. The number of benzene rings is 2. The number of rotatable bonds is 3. The van der Waals surface area contributed by atoms with Gasteiger partial charge in [-0.15, -0.1) is 0 Å². The van der Waals surface area contributed by atoms with E-state index in [0.717, 1.165) is 54.8 Å². The van der Waals surface area contributed by atoms with E-state index in [2.05, 4.69) is 18.0 Å². The van der Waals surface area contributed by atoms with Gasteiger partial charge in [-0.2, -0.15) is 0 Å². The number of aryl methyl sites for hydroxylation is 1. The summed E-state index contributed by atoms with van der Waals surface area (Å²) >= 11 is 0. The zero-order valence-corrected chi connectivity index (χ0v) is 14.5. The zero-order chi connectivity index (χ0) is 17.2. The van der Waals surface area contributed by atoms with Crippen molar-refractivity contribution in [2.45, 2.75) is 32.1 Å². The number of hydrogen-bond acceptors (Lipinski definition) is 2. The van der Waals surface area contributed by atoms with Gasteiger partial charge in [-0.05, 0) is 49.1 Å². The number of carbonyl (C=O) groups is 1. The number of para-hydroxylation sites is 2. The molecule has 2 aromatic carbocycles. The van der Waals surface area contributed by atoms with E-state index in [0.29, 0.717) is 5.92 Å². The molecule has 1 aliphatic rings. The van der Waals surface area contributed by atoms with Crippen molar-refractivity contribution in [3.63, 3.8) is 0 Å². The minimum Gasteiger partial charge on any atom is -0.342 e. The number of nitrogens with one attached hydrogen (secondary N) is 1. The van der Waals surface area contributed by atoms with Gasteiger partial charge in [-0.3, -0.25) is 4.79 Å². The molecule has 0 saturated carbocycles. The largest absolute Gasteiger partial charge is 0.342 e. The summed E-state index contributed by atoms with van der Waals surface area (Å²) in [7, 11) is 0. The highest BCUT2D eigenvalue weighted by molar-refractivity contribution is 5.94. The number of aromatic amines is 1. The fraction of sp³-hybridized carbons (Fsp3) is 0.333. The summed E-state index contributed by atoms with van der Waals surface area (Å²) in [6.45, 7) is 3.70. The molecule has 1 aromatic heterocycles. The first-order chi connectivity index (χ1) is 12.2. The molecule has 0 spiro atoms. The second-order valence-corrected chi connectivity index (χ2v) is 6.76. The molecule has 0 radical (unpaired) electrons. The number of imidazole rings is 1. The van der Waals surface area contributed by atoms with Gasteiger partial charge in [0.2, 0.25) is 0 Å². The summed E-state index contributed by atoms with van der Waals surface area (Å²) in [4.78, 5) is 22.8. The van der Waals surface area contributed by atoms with Crippen molar-refractivity contribution in [2.75, 3.05) is 13.1 Å². The molecule has 0 aliphatic carbocycles. The lowest BCUT2D eigenvalue weighted by Crippen LogP contribution is -2.38. The van der Waals surface area contributed by atoms with Crippen molar-refractivity contribution >= 4 is 16.9 Å². The van der Waals surface area contributed by atoms with Crippen LogP contribution < -0.4 is 0 Å². The van der Waals surface area contributed by atoms with Gasteiger partial charge in [0.25, 0.3) is 5.91 Å². The number of fused-ring (bicyclic) bond motifs is 1. The Morgan fingerprint density at radius 3 is 2.52 bits per heavy atom. The summed E-state index contributed by atoms with van der Waals surface area (Å²) in [6.07, 6.45) is 2.91. The smallest absolute Gasteiger partial charge is 0.253 e. The average molecular weight is 333 g/mol. The lowest BCUT2D eigenvalue weighted by Gasteiger charge is -2.31. The second-order valence-electron chi connectivity index (χ2n) is 6.76. The third-order valence-electron chi connectivity index (χ3n) is 5.19. The Kier molecular flexibility index (Phi) is 4.26. The van der Waals surface area contributed by atoms with E-state index >= 15 is 0 Å². The maximum absolute atomic E-state index is 12.7. The van der Waals surface area contributed by atoms with Crippen molar-refractivity contribution in [3.8, 4) is 0 Å². The van der Waals surface area contributed by atoms with Gasteiger partial charge in [-0.25, -0.2) is 4.98 Å². The molecular formula is C21H23N3O. The molecule has 2 heterocycles. The number of hydrogen-bond donors (Lipinski definition) is 1. The van der Waals surface area contributed by atoms with Crippen LogP contribution in [0.1, 0.15) is 47.4 Å². The Morgan fingerprint density at radius 1 is 1.12 bits per heavy atom. The Balaban J connectivity index is 1.42. The number of H-pyrrole nitrogens is 1. The predicted molar refractivity (Wildman–Crippen MR) is 99.8 cm³/mol. The molecule has 1 saturated heterocycles. The van der Waals surface area contributed by atoms with E-state index in [4.69, 9.17) is 4.98 Å². The van der Waals surface area contributed by atoms with Crippen LogP contribution in [0.3, 0.4) is 0 Å². The Labute approximate surface area is 147 Å². The van der Waals surface area contributed by atoms with Crippen LogP contribution in [0.15, 0.2) is 48.5 Å². The maximum Gasteiger partial charge on any atom is 0.253 e. The lowest BCUT2D eigenvalue weighted by atomic mass is 9.95. The normalized spacial score (nSPS) is 15.6. The van der Waals surface area contributed by atoms with Crippen LogP contribution in [0, 0.1) is 0 Å². The molecule has 3 aromatic rings. The van der Waals surface area contributed by atoms with Crippen molar-refractivity contribution in [3.05, 3.63) is 65.5 Å². The Hall–Kier alpha value is -2.62. The molecule has 1 aliphatic heterocycles. The number of nitrogens with zero attached hydrogens (tertiary/aromatic N) is 2. The van der Waals surface area contributed by atoms with Gasteiger partial charge >= 0.3 is 0 Å². The molecule has 4 nitrogen and oxygen atoms in total. The molecule has 0 unspecified atom stereocenters. The standard InChI is InChI=1S/C21H23N3O/c1-2-15-7-9-17(10-8-15)21(25)24-13-11-16(12-14-24)20-22-18-5-3-4-6-19(18)23-20/h3-10,16H,2,11-14H2,1H3,(H,22,23). The molecule has 1 N–H and O–H groups in total. The SMILES string of the molecule is CCc1ccc(C(=O)N2CCC(c3nc4ccccc4[nH]3)CC2)cc1. The first-order valence-corrected chi connectivity index (χ1v) is 9.07.